The molecule has 4 N–H and O–H groups in total. The quantitative estimate of drug-likeness (QED) is 0.683. The Morgan fingerprint density at radius 2 is 1.87 bits per heavy atom. The van der Waals surface area contributed by atoms with E-state index in [1.165, 1.54) is 0 Å². The van der Waals surface area contributed by atoms with E-state index in [2.05, 4.69) is 16.4 Å². The lowest BCUT2D eigenvalue weighted by molar-refractivity contribution is -0.127. The number of nitriles is 1. The first kappa shape index (κ1) is 21.8. The molecule has 0 unspecified atom stereocenters. The minimum Gasteiger partial charge on any atom is -0.338 e. The Hall–Kier alpha value is -2.91. The molecule has 1 heterocycles. The summed E-state index contributed by atoms with van der Waals surface area (Å²) >= 11 is 0. The molecular formula is C24H30N4O2. The van der Waals surface area contributed by atoms with Crippen LogP contribution in [0.4, 0.5) is 0 Å². The van der Waals surface area contributed by atoms with Gasteiger partial charge in [-0.25, -0.2) is 0 Å². The fourth-order valence-corrected chi connectivity index (χ4v) is 4.01. The van der Waals surface area contributed by atoms with Gasteiger partial charge in [0.15, 0.2) is 0 Å². The molecule has 1 saturated carbocycles. The number of benzene rings is 1. The molecule has 6 heteroatoms. The van der Waals surface area contributed by atoms with Crippen LogP contribution in [0.15, 0.2) is 41.3 Å². The van der Waals surface area contributed by atoms with E-state index in [4.69, 9.17) is 5.73 Å². The molecule has 0 bridgehead atoms. The molecule has 3 rings (SSSR count). The standard InChI is InChI=1S/C24H30N4O2/c1-16(2)21-13-19(15-27-22(21)29)18-8-6-17(7-9-18)12-20(14-25)28-23(30)24(26)10-4-3-5-11-24/h6-9,13,15-16,20H,3-5,10-12,26H2,1-2H3,(H,27,29)(H,28,30)/t20-/m0/s1. The van der Waals surface area contributed by atoms with Crippen LogP contribution in [0.1, 0.15) is 63.0 Å². The molecule has 1 aromatic carbocycles. The summed E-state index contributed by atoms with van der Waals surface area (Å²) in [4.78, 5) is 27.4. The lowest BCUT2D eigenvalue weighted by atomic mass is 9.81. The summed E-state index contributed by atoms with van der Waals surface area (Å²) in [7, 11) is 0. The van der Waals surface area contributed by atoms with E-state index in [9.17, 15) is 14.9 Å². The number of aromatic nitrogens is 1. The first-order chi connectivity index (χ1) is 14.3. The van der Waals surface area contributed by atoms with Gasteiger partial charge in [-0.15, -0.1) is 0 Å². The molecular weight excluding hydrogens is 376 g/mol. The van der Waals surface area contributed by atoms with Gasteiger partial charge in [0.05, 0.1) is 11.6 Å². The van der Waals surface area contributed by atoms with Crippen molar-refractivity contribution in [2.75, 3.05) is 0 Å². The average Bonchev–Trinajstić information content (AvgIpc) is 2.74. The van der Waals surface area contributed by atoms with Gasteiger partial charge < -0.3 is 16.0 Å². The van der Waals surface area contributed by atoms with Gasteiger partial charge in [0.25, 0.3) is 5.56 Å². The second-order valence-electron chi connectivity index (χ2n) is 8.60. The number of hydrogen-bond acceptors (Lipinski definition) is 4. The highest BCUT2D eigenvalue weighted by atomic mass is 16.2. The van der Waals surface area contributed by atoms with Crippen molar-refractivity contribution in [3.05, 3.63) is 58.0 Å². The molecule has 0 aliphatic heterocycles. The van der Waals surface area contributed by atoms with Crippen molar-refractivity contribution in [3.63, 3.8) is 0 Å². The zero-order chi connectivity index (χ0) is 21.7. The van der Waals surface area contributed by atoms with Gasteiger partial charge >= 0.3 is 0 Å². The first-order valence-corrected chi connectivity index (χ1v) is 10.6. The molecule has 1 amide bonds. The zero-order valence-electron chi connectivity index (χ0n) is 17.7. The maximum absolute atomic E-state index is 12.6. The van der Waals surface area contributed by atoms with Gasteiger partial charge in [-0.05, 0) is 41.5 Å². The average molecular weight is 407 g/mol. The monoisotopic (exact) mass is 406 g/mol. The van der Waals surface area contributed by atoms with Gasteiger partial charge in [0.2, 0.25) is 5.91 Å². The van der Waals surface area contributed by atoms with Crippen LogP contribution in [-0.2, 0) is 11.2 Å². The first-order valence-electron chi connectivity index (χ1n) is 10.6. The number of amides is 1. The molecule has 2 aromatic rings. The summed E-state index contributed by atoms with van der Waals surface area (Å²) in [5.41, 5.74) is 9.00. The minimum atomic E-state index is -0.852. The predicted molar refractivity (Wildman–Crippen MR) is 118 cm³/mol. The SMILES string of the molecule is CC(C)c1cc(-c2ccc(C[C@@H](C#N)NC(=O)C3(N)CCCCC3)cc2)c[nH]c1=O. The van der Waals surface area contributed by atoms with Crippen LogP contribution in [0.25, 0.3) is 11.1 Å². The van der Waals surface area contributed by atoms with Crippen molar-refractivity contribution in [2.45, 2.75) is 69.9 Å². The van der Waals surface area contributed by atoms with Crippen molar-refractivity contribution in [1.29, 1.82) is 5.26 Å². The van der Waals surface area contributed by atoms with Crippen molar-refractivity contribution in [1.82, 2.24) is 10.3 Å². The highest BCUT2D eigenvalue weighted by Gasteiger charge is 2.36. The second kappa shape index (κ2) is 9.27. The number of H-pyrrole nitrogens is 1. The van der Waals surface area contributed by atoms with Crippen LogP contribution in [0, 0.1) is 11.3 Å². The summed E-state index contributed by atoms with van der Waals surface area (Å²) in [5.74, 6) is -0.0807. The lowest BCUT2D eigenvalue weighted by Crippen LogP contribution is -2.57. The fourth-order valence-electron chi connectivity index (χ4n) is 4.01. The molecule has 1 aliphatic rings. The third-order valence-electron chi connectivity index (χ3n) is 5.94. The summed E-state index contributed by atoms with van der Waals surface area (Å²) in [6.07, 6.45) is 6.48. The van der Waals surface area contributed by atoms with Crippen LogP contribution < -0.4 is 16.6 Å². The summed E-state index contributed by atoms with van der Waals surface area (Å²) in [5, 5.41) is 12.4. The third kappa shape index (κ3) is 4.98. The second-order valence-corrected chi connectivity index (χ2v) is 8.60. The molecule has 6 nitrogen and oxygen atoms in total. The molecule has 0 radical (unpaired) electrons. The van der Waals surface area contributed by atoms with Crippen molar-refractivity contribution < 1.29 is 4.79 Å². The molecule has 1 atom stereocenters. The molecule has 1 aliphatic carbocycles. The number of carbonyl (C=O) groups excluding carboxylic acids is 1. The van der Waals surface area contributed by atoms with E-state index >= 15 is 0 Å². The van der Waals surface area contributed by atoms with Crippen LogP contribution in [0.2, 0.25) is 0 Å². The van der Waals surface area contributed by atoms with Crippen molar-refractivity contribution in [2.24, 2.45) is 5.73 Å². The number of carbonyl (C=O) groups is 1. The molecule has 158 valence electrons. The van der Waals surface area contributed by atoms with Crippen molar-refractivity contribution in [3.8, 4) is 17.2 Å². The van der Waals surface area contributed by atoms with Gasteiger partial charge in [-0.3, -0.25) is 9.59 Å². The maximum atomic E-state index is 12.6. The molecule has 30 heavy (non-hydrogen) atoms. The normalized spacial score (nSPS) is 16.6. The van der Waals surface area contributed by atoms with Crippen LogP contribution in [-0.4, -0.2) is 22.5 Å². The van der Waals surface area contributed by atoms with Crippen LogP contribution in [0.3, 0.4) is 0 Å². The molecule has 0 spiro atoms. The van der Waals surface area contributed by atoms with Gasteiger partial charge in [0, 0.05) is 18.2 Å². The smallest absolute Gasteiger partial charge is 0.251 e. The number of pyridine rings is 1. The topological polar surface area (TPSA) is 112 Å². The Morgan fingerprint density at radius 3 is 2.47 bits per heavy atom. The zero-order valence-corrected chi connectivity index (χ0v) is 17.7. The highest BCUT2D eigenvalue weighted by Crippen LogP contribution is 2.26. The number of nitrogens with one attached hydrogen (secondary N) is 2. The summed E-state index contributed by atoms with van der Waals surface area (Å²) in [6.45, 7) is 3.99. The minimum absolute atomic E-state index is 0.0615. The van der Waals surface area contributed by atoms with E-state index in [1.54, 1.807) is 6.20 Å². The Kier molecular flexibility index (Phi) is 6.73. The summed E-state index contributed by atoms with van der Waals surface area (Å²) in [6, 6.07) is 11.3. The number of nitrogens with zero attached hydrogens (tertiary/aromatic N) is 1. The highest BCUT2D eigenvalue weighted by molar-refractivity contribution is 5.86. The Labute approximate surface area is 177 Å². The Balaban J connectivity index is 1.68. The third-order valence-corrected chi connectivity index (χ3v) is 5.94. The Morgan fingerprint density at radius 1 is 1.20 bits per heavy atom. The summed E-state index contributed by atoms with van der Waals surface area (Å²) < 4.78 is 0. The number of rotatable bonds is 6. The number of nitrogens with two attached hydrogens (primary N) is 1. The molecule has 1 aromatic heterocycles. The van der Waals surface area contributed by atoms with E-state index in [-0.39, 0.29) is 17.4 Å². The largest absolute Gasteiger partial charge is 0.338 e. The van der Waals surface area contributed by atoms with E-state index in [1.807, 2.05) is 44.2 Å². The van der Waals surface area contributed by atoms with Gasteiger partial charge in [-0.2, -0.15) is 5.26 Å². The fraction of sp³-hybridized carbons (Fsp3) is 0.458. The van der Waals surface area contributed by atoms with Crippen molar-refractivity contribution >= 4 is 5.91 Å². The van der Waals surface area contributed by atoms with Gasteiger partial charge in [0.1, 0.15) is 6.04 Å². The lowest BCUT2D eigenvalue weighted by Gasteiger charge is -2.32. The number of hydrogen-bond donors (Lipinski definition) is 3. The molecule has 1 fully saturated rings. The Bertz CT molecular complexity index is 980. The van der Waals surface area contributed by atoms with Crippen LogP contribution in [0.5, 0.6) is 0 Å². The van der Waals surface area contributed by atoms with Gasteiger partial charge in [-0.1, -0.05) is 57.4 Å². The van der Waals surface area contributed by atoms with E-state index in [0.29, 0.717) is 19.3 Å². The maximum Gasteiger partial charge on any atom is 0.251 e. The predicted octanol–water partition coefficient (Wildman–Crippen LogP) is 3.38. The van der Waals surface area contributed by atoms with E-state index in [0.717, 1.165) is 41.5 Å². The number of aromatic amines is 1. The molecule has 0 saturated heterocycles. The van der Waals surface area contributed by atoms with E-state index < -0.39 is 11.6 Å². The van der Waals surface area contributed by atoms with Crippen LogP contribution >= 0.6 is 0 Å².